The van der Waals surface area contributed by atoms with Crippen molar-refractivity contribution < 1.29 is 0 Å². The highest BCUT2D eigenvalue weighted by molar-refractivity contribution is 5.83. The van der Waals surface area contributed by atoms with E-state index in [4.69, 9.17) is 0 Å². The highest BCUT2D eigenvalue weighted by Gasteiger charge is 2.07. The Labute approximate surface area is 110 Å². The van der Waals surface area contributed by atoms with Crippen molar-refractivity contribution in [2.45, 2.75) is 39.8 Å². The second-order valence-corrected chi connectivity index (χ2v) is 5.43. The first-order valence-electron chi connectivity index (χ1n) is 6.93. The molecule has 0 fully saturated rings. The van der Waals surface area contributed by atoms with E-state index in [1.165, 1.54) is 29.3 Å². The summed E-state index contributed by atoms with van der Waals surface area (Å²) in [5, 5.41) is 4.64. The molecular formula is C16H24N2. The molecule has 0 radical (unpaired) electrons. The van der Waals surface area contributed by atoms with Gasteiger partial charge in [0, 0.05) is 30.2 Å². The topological polar surface area (TPSA) is 17.0 Å². The zero-order valence-electron chi connectivity index (χ0n) is 11.7. The Kier molecular flexibility index (Phi) is 4.43. The number of rotatable bonds is 6. The van der Waals surface area contributed by atoms with Crippen LogP contribution in [0.4, 0.5) is 0 Å². The van der Waals surface area contributed by atoms with Crippen LogP contribution in [0, 0.1) is 5.92 Å². The second kappa shape index (κ2) is 6.05. The number of nitrogens with one attached hydrogen (secondary N) is 1. The molecule has 0 spiro atoms. The average Bonchev–Trinajstić information content (AvgIpc) is 2.69. The van der Waals surface area contributed by atoms with Gasteiger partial charge >= 0.3 is 0 Å². The number of benzene rings is 1. The first kappa shape index (κ1) is 13.2. The Balaban J connectivity index is 2.21. The molecule has 2 nitrogen and oxygen atoms in total. The van der Waals surface area contributed by atoms with E-state index in [0.717, 1.165) is 19.0 Å². The highest BCUT2D eigenvalue weighted by Crippen LogP contribution is 2.22. The van der Waals surface area contributed by atoms with Crippen molar-refractivity contribution in [3.05, 3.63) is 36.0 Å². The smallest absolute Gasteiger partial charge is 0.0483 e. The molecule has 1 aromatic heterocycles. The van der Waals surface area contributed by atoms with Crippen LogP contribution in [0.15, 0.2) is 30.5 Å². The van der Waals surface area contributed by atoms with Crippen LogP contribution in [0.5, 0.6) is 0 Å². The lowest BCUT2D eigenvalue weighted by molar-refractivity contribution is 0.517. The average molecular weight is 244 g/mol. The van der Waals surface area contributed by atoms with Crippen molar-refractivity contribution in [2.24, 2.45) is 5.92 Å². The zero-order chi connectivity index (χ0) is 13.0. The number of fused-ring (bicyclic) bond motifs is 1. The van der Waals surface area contributed by atoms with Gasteiger partial charge in [-0.25, -0.2) is 0 Å². The van der Waals surface area contributed by atoms with E-state index >= 15 is 0 Å². The van der Waals surface area contributed by atoms with Crippen molar-refractivity contribution in [1.29, 1.82) is 0 Å². The van der Waals surface area contributed by atoms with Gasteiger partial charge in [0.15, 0.2) is 0 Å². The summed E-state index contributed by atoms with van der Waals surface area (Å²) in [5.41, 5.74) is 2.77. The monoisotopic (exact) mass is 244 g/mol. The molecule has 0 amide bonds. The predicted molar refractivity (Wildman–Crippen MR) is 78.8 cm³/mol. The maximum absolute atomic E-state index is 3.25. The van der Waals surface area contributed by atoms with E-state index in [0.29, 0.717) is 0 Å². The summed E-state index contributed by atoms with van der Waals surface area (Å²) >= 11 is 0. The van der Waals surface area contributed by atoms with Gasteiger partial charge in [-0.15, -0.1) is 0 Å². The van der Waals surface area contributed by atoms with Gasteiger partial charge in [-0.2, -0.15) is 0 Å². The zero-order valence-corrected chi connectivity index (χ0v) is 11.7. The third kappa shape index (κ3) is 2.94. The molecule has 0 aliphatic carbocycles. The van der Waals surface area contributed by atoms with Gasteiger partial charge in [-0.05, 0) is 37.4 Å². The summed E-state index contributed by atoms with van der Waals surface area (Å²) in [4.78, 5) is 0. The summed E-state index contributed by atoms with van der Waals surface area (Å²) in [6, 6.07) is 8.70. The van der Waals surface area contributed by atoms with Crippen molar-refractivity contribution in [2.75, 3.05) is 7.05 Å². The number of para-hydroxylation sites is 1. The second-order valence-electron chi connectivity index (χ2n) is 5.43. The van der Waals surface area contributed by atoms with Crippen LogP contribution in [-0.4, -0.2) is 11.6 Å². The molecular weight excluding hydrogens is 220 g/mol. The van der Waals surface area contributed by atoms with Crippen molar-refractivity contribution >= 4 is 10.9 Å². The Bertz CT molecular complexity index is 497. The quantitative estimate of drug-likeness (QED) is 0.818. The summed E-state index contributed by atoms with van der Waals surface area (Å²) < 4.78 is 2.41. The van der Waals surface area contributed by atoms with Gasteiger partial charge in [0.05, 0.1) is 0 Å². The molecule has 0 saturated carbocycles. The number of aryl methyl sites for hydroxylation is 1. The summed E-state index contributed by atoms with van der Waals surface area (Å²) in [6.07, 6.45) is 4.87. The first-order valence-corrected chi connectivity index (χ1v) is 6.93. The van der Waals surface area contributed by atoms with Gasteiger partial charge in [-0.1, -0.05) is 32.0 Å². The molecule has 2 rings (SSSR count). The SMILES string of the molecule is CNCc1cn(CCCC(C)C)c2ccccc12. The van der Waals surface area contributed by atoms with E-state index < -0.39 is 0 Å². The molecule has 0 unspecified atom stereocenters. The van der Waals surface area contributed by atoms with Crippen LogP contribution in [0.1, 0.15) is 32.3 Å². The van der Waals surface area contributed by atoms with Gasteiger partial charge < -0.3 is 9.88 Å². The highest BCUT2D eigenvalue weighted by atomic mass is 15.0. The fourth-order valence-electron chi connectivity index (χ4n) is 2.51. The number of aromatic nitrogens is 1. The molecule has 98 valence electrons. The first-order chi connectivity index (χ1) is 8.72. The Hall–Kier alpha value is -1.28. The largest absolute Gasteiger partial charge is 0.347 e. The molecule has 0 aliphatic heterocycles. The van der Waals surface area contributed by atoms with Crippen LogP contribution in [0.3, 0.4) is 0 Å². The Morgan fingerprint density at radius 2 is 2.00 bits per heavy atom. The summed E-state index contributed by atoms with van der Waals surface area (Å²) in [7, 11) is 2.00. The molecule has 1 N–H and O–H groups in total. The van der Waals surface area contributed by atoms with Gasteiger partial charge in [0.25, 0.3) is 0 Å². The molecule has 1 heterocycles. The number of hydrogen-bond acceptors (Lipinski definition) is 1. The van der Waals surface area contributed by atoms with E-state index in [1.807, 2.05) is 7.05 Å². The van der Waals surface area contributed by atoms with Crippen LogP contribution in [0.2, 0.25) is 0 Å². The number of hydrogen-bond donors (Lipinski definition) is 1. The van der Waals surface area contributed by atoms with Crippen LogP contribution in [0.25, 0.3) is 10.9 Å². The molecule has 1 aromatic carbocycles. The lowest BCUT2D eigenvalue weighted by Gasteiger charge is -2.07. The van der Waals surface area contributed by atoms with Crippen molar-refractivity contribution in [3.63, 3.8) is 0 Å². The molecule has 0 bridgehead atoms. The van der Waals surface area contributed by atoms with E-state index in [1.54, 1.807) is 0 Å². The minimum absolute atomic E-state index is 0.795. The van der Waals surface area contributed by atoms with Crippen molar-refractivity contribution in [3.8, 4) is 0 Å². The Morgan fingerprint density at radius 3 is 2.72 bits per heavy atom. The fourth-order valence-corrected chi connectivity index (χ4v) is 2.51. The normalized spacial score (nSPS) is 11.6. The summed E-state index contributed by atoms with van der Waals surface area (Å²) in [6.45, 7) is 6.65. The van der Waals surface area contributed by atoms with Crippen LogP contribution < -0.4 is 5.32 Å². The third-order valence-corrected chi connectivity index (χ3v) is 3.42. The molecule has 2 aromatic rings. The minimum Gasteiger partial charge on any atom is -0.347 e. The van der Waals surface area contributed by atoms with Crippen LogP contribution in [-0.2, 0) is 13.1 Å². The van der Waals surface area contributed by atoms with E-state index in [9.17, 15) is 0 Å². The molecule has 0 aliphatic rings. The fraction of sp³-hybridized carbons (Fsp3) is 0.500. The van der Waals surface area contributed by atoms with E-state index in [2.05, 4.69) is 54.2 Å². The van der Waals surface area contributed by atoms with E-state index in [-0.39, 0.29) is 0 Å². The lowest BCUT2D eigenvalue weighted by atomic mass is 10.1. The van der Waals surface area contributed by atoms with Crippen LogP contribution >= 0.6 is 0 Å². The molecule has 0 atom stereocenters. The predicted octanol–water partition coefficient (Wildman–Crippen LogP) is 3.80. The molecule has 0 saturated heterocycles. The minimum atomic E-state index is 0.795. The standard InChI is InChI=1S/C16H24N2/c1-13(2)7-6-10-18-12-14(11-17-3)15-8-4-5-9-16(15)18/h4-5,8-9,12-13,17H,6-7,10-11H2,1-3H3. The summed E-state index contributed by atoms with van der Waals surface area (Å²) in [5.74, 6) is 0.795. The number of nitrogens with zero attached hydrogens (tertiary/aromatic N) is 1. The maximum Gasteiger partial charge on any atom is 0.0483 e. The third-order valence-electron chi connectivity index (χ3n) is 3.42. The maximum atomic E-state index is 3.25. The van der Waals surface area contributed by atoms with Gasteiger partial charge in [-0.3, -0.25) is 0 Å². The van der Waals surface area contributed by atoms with Crippen molar-refractivity contribution in [1.82, 2.24) is 9.88 Å². The molecule has 18 heavy (non-hydrogen) atoms. The molecule has 2 heteroatoms. The lowest BCUT2D eigenvalue weighted by Crippen LogP contribution is -2.04. The Morgan fingerprint density at radius 1 is 1.22 bits per heavy atom. The van der Waals surface area contributed by atoms with Gasteiger partial charge in [0.1, 0.15) is 0 Å². The van der Waals surface area contributed by atoms with Gasteiger partial charge in [0.2, 0.25) is 0 Å².